The molecule has 2 aliphatic rings. The molecule has 0 radical (unpaired) electrons. The van der Waals surface area contributed by atoms with E-state index in [-0.39, 0.29) is 0 Å². The molecule has 2 aliphatic heterocycles. The number of anilines is 1. The number of nitrogens with one attached hydrogen (secondary N) is 1. The lowest BCUT2D eigenvalue weighted by Gasteiger charge is -2.33. The molecule has 0 aromatic heterocycles. The molecule has 3 rings (SSSR count). The lowest BCUT2D eigenvalue weighted by Crippen LogP contribution is -2.42. The highest BCUT2D eigenvalue weighted by molar-refractivity contribution is 5.97. The Balaban J connectivity index is 1.65. The van der Waals surface area contributed by atoms with Crippen molar-refractivity contribution in [3.63, 3.8) is 0 Å². The summed E-state index contributed by atoms with van der Waals surface area (Å²) < 4.78 is 0. The van der Waals surface area contributed by atoms with E-state index in [0.717, 1.165) is 37.9 Å². The lowest BCUT2D eigenvalue weighted by molar-refractivity contribution is 0.162. The van der Waals surface area contributed by atoms with Crippen LogP contribution in [0.3, 0.4) is 0 Å². The number of piperidine rings is 1. The minimum atomic E-state index is 0.694. The van der Waals surface area contributed by atoms with Crippen molar-refractivity contribution in [2.75, 3.05) is 44.2 Å². The summed E-state index contributed by atoms with van der Waals surface area (Å²) in [6.45, 7) is 13.4. The molecule has 0 bridgehead atoms. The van der Waals surface area contributed by atoms with Gasteiger partial charge in [-0.25, -0.2) is 0 Å². The smallest absolute Gasteiger partial charge is 0.198 e. The Morgan fingerprint density at radius 2 is 2.12 bits per heavy atom. The van der Waals surface area contributed by atoms with Crippen LogP contribution in [0.15, 0.2) is 29.3 Å². The number of benzene rings is 1. The highest BCUT2D eigenvalue weighted by Gasteiger charge is 2.24. The van der Waals surface area contributed by atoms with Gasteiger partial charge < -0.3 is 15.1 Å². The zero-order chi connectivity index (χ0) is 17.6. The third-order valence-electron chi connectivity index (χ3n) is 5.20. The van der Waals surface area contributed by atoms with Gasteiger partial charge in [0.15, 0.2) is 5.96 Å². The first-order valence-corrected chi connectivity index (χ1v) is 10.0. The van der Waals surface area contributed by atoms with Gasteiger partial charge in [0.25, 0.3) is 0 Å². The van der Waals surface area contributed by atoms with Crippen molar-refractivity contribution in [2.45, 2.75) is 40.0 Å². The van der Waals surface area contributed by atoms with Crippen molar-refractivity contribution in [1.29, 1.82) is 0 Å². The summed E-state index contributed by atoms with van der Waals surface area (Å²) in [5.41, 5.74) is 2.76. The number of fused-ring (bicyclic) bond motifs is 1. The minimum absolute atomic E-state index is 0.694. The van der Waals surface area contributed by atoms with Crippen LogP contribution in [-0.4, -0.2) is 50.1 Å². The summed E-state index contributed by atoms with van der Waals surface area (Å²) in [6.07, 6.45) is 3.75. The standard InChI is InChI=1S/C21H34N4/c1-4-22-21(25-13-11-19-9-5-6-10-20(19)25)23-14-18-8-7-12-24(16-18)15-17(2)3/h5-6,9-10,17-18H,4,7-8,11-16H2,1-3H3,(H,22,23). The average Bonchev–Trinajstić information content (AvgIpc) is 3.02. The van der Waals surface area contributed by atoms with E-state index in [4.69, 9.17) is 4.99 Å². The van der Waals surface area contributed by atoms with Crippen molar-refractivity contribution in [1.82, 2.24) is 10.2 Å². The lowest BCUT2D eigenvalue weighted by atomic mass is 9.97. The number of para-hydroxylation sites is 1. The molecular formula is C21H34N4. The van der Waals surface area contributed by atoms with E-state index in [1.807, 2.05) is 0 Å². The number of guanidine groups is 1. The Bertz CT molecular complexity index is 581. The molecule has 0 spiro atoms. The SMILES string of the molecule is CCNC(=NCC1CCCN(CC(C)C)C1)N1CCc2ccccc21. The van der Waals surface area contributed by atoms with Gasteiger partial charge in [0, 0.05) is 38.4 Å². The largest absolute Gasteiger partial charge is 0.356 e. The Kier molecular flexibility index (Phi) is 6.35. The summed E-state index contributed by atoms with van der Waals surface area (Å²) in [5, 5.41) is 3.51. The maximum absolute atomic E-state index is 5.04. The van der Waals surface area contributed by atoms with Crippen molar-refractivity contribution >= 4 is 11.6 Å². The minimum Gasteiger partial charge on any atom is -0.356 e. The first-order valence-electron chi connectivity index (χ1n) is 10.0. The molecular weight excluding hydrogens is 308 g/mol. The quantitative estimate of drug-likeness (QED) is 0.657. The van der Waals surface area contributed by atoms with Gasteiger partial charge in [0.2, 0.25) is 0 Å². The predicted molar refractivity (Wildman–Crippen MR) is 107 cm³/mol. The fourth-order valence-electron chi connectivity index (χ4n) is 4.15. The monoisotopic (exact) mass is 342 g/mol. The molecule has 0 saturated carbocycles. The molecule has 0 amide bonds. The molecule has 2 heterocycles. The molecule has 138 valence electrons. The van der Waals surface area contributed by atoms with Gasteiger partial charge in [0.1, 0.15) is 0 Å². The first-order chi connectivity index (χ1) is 12.2. The molecule has 1 aromatic rings. The molecule has 4 heteroatoms. The molecule has 1 saturated heterocycles. The van der Waals surface area contributed by atoms with E-state index in [2.05, 4.69) is 60.2 Å². The van der Waals surface area contributed by atoms with E-state index in [9.17, 15) is 0 Å². The molecule has 1 atom stereocenters. The van der Waals surface area contributed by atoms with Gasteiger partial charge in [-0.1, -0.05) is 32.0 Å². The molecule has 1 N–H and O–H groups in total. The Hall–Kier alpha value is -1.55. The molecule has 1 fully saturated rings. The zero-order valence-electron chi connectivity index (χ0n) is 16.2. The van der Waals surface area contributed by atoms with Gasteiger partial charge in [-0.05, 0) is 56.2 Å². The third-order valence-corrected chi connectivity index (χ3v) is 5.20. The fourth-order valence-corrected chi connectivity index (χ4v) is 4.15. The summed E-state index contributed by atoms with van der Waals surface area (Å²) in [7, 11) is 0. The van der Waals surface area contributed by atoms with Crippen LogP contribution in [0, 0.1) is 11.8 Å². The Morgan fingerprint density at radius 1 is 1.28 bits per heavy atom. The van der Waals surface area contributed by atoms with Crippen molar-refractivity contribution < 1.29 is 0 Å². The van der Waals surface area contributed by atoms with Gasteiger partial charge >= 0.3 is 0 Å². The average molecular weight is 343 g/mol. The van der Waals surface area contributed by atoms with E-state index in [0.29, 0.717) is 5.92 Å². The molecule has 0 aliphatic carbocycles. The van der Waals surface area contributed by atoms with Crippen LogP contribution < -0.4 is 10.2 Å². The summed E-state index contributed by atoms with van der Waals surface area (Å²) in [5.74, 6) is 2.51. The molecule has 1 unspecified atom stereocenters. The van der Waals surface area contributed by atoms with Crippen molar-refractivity contribution in [2.24, 2.45) is 16.8 Å². The van der Waals surface area contributed by atoms with E-state index in [1.165, 1.54) is 43.7 Å². The predicted octanol–water partition coefficient (Wildman–Crippen LogP) is 3.38. The Labute approximate surface area is 153 Å². The fraction of sp³-hybridized carbons (Fsp3) is 0.667. The van der Waals surface area contributed by atoms with Gasteiger partial charge in [-0.3, -0.25) is 4.99 Å². The second-order valence-corrected chi connectivity index (χ2v) is 7.89. The van der Waals surface area contributed by atoms with Crippen LogP contribution in [-0.2, 0) is 6.42 Å². The maximum Gasteiger partial charge on any atom is 0.198 e. The van der Waals surface area contributed by atoms with Gasteiger partial charge in [-0.15, -0.1) is 0 Å². The maximum atomic E-state index is 5.04. The number of rotatable bonds is 5. The van der Waals surface area contributed by atoms with E-state index >= 15 is 0 Å². The summed E-state index contributed by atoms with van der Waals surface area (Å²) >= 11 is 0. The second kappa shape index (κ2) is 8.70. The Morgan fingerprint density at radius 3 is 2.92 bits per heavy atom. The van der Waals surface area contributed by atoms with Crippen LogP contribution in [0.4, 0.5) is 5.69 Å². The first kappa shape index (κ1) is 18.2. The zero-order valence-corrected chi connectivity index (χ0v) is 16.2. The number of hydrogen-bond donors (Lipinski definition) is 1. The van der Waals surface area contributed by atoms with Gasteiger partial charge in [-0.2, -0.15) is 0 Å². The van der Waals surface area contributed by atoms with Crippen LogP contribution in [0.25, 0.3) is 0 Å². The van der Waals surface area contributed by atoms with Crippen LogP contribution in [0.1, 0.15) is 39.2 Å². The topological polar surface area (TPSA) is 30.9 Å². The second-order valence-electron chi connectivity index (χ2n) is 7.89. The number of nitrogens with zero attached hydrogens (tertiary/aromatic N) is 3. The highest BCUT2D eigenvalue weighted by Crippen LogP contribution is 2.27. The summed E-state index contributed by atoms with van der Waals surface area (Å²) in [4.78, 5) is 10.0. The molecule has 25 heavy (non-hydrogen) atoms. The summed E-state index contributed by atoms with van der Waals surface area (Å²) in [6, 6.07) is 8.73. The number of aliphatic imine (C=N–C) groups is 1. The molecule has 1 aromatic carbocycles. The highest BCUT2D eigenvalue weighted by atomic mass is 15.3. The normalized spacial score (nSPS) is 21.7. The number of likely N-dealkylation sites (tertiary alicyclic amines) is 1. The van der Waals surface area contributed by atoms with Crippen LogP contribution in [0.5, 0.6) is 0 Å². The van der Waals surface area contributed by atoms with Crippen molar-refractivity contribution in [3.05, 3.63) is 29.8 Å². The van der Waals surface area contributed by atoms with E-state index < -0.39 is 0 Å². The number of hydrogen-bond acceptors (Lipinski definition) is 2. The van der Waals surface area contributed by atoms with Gasteiger partial charge in [0.05, 0.1) is 0 Å². The van der Waals surface area contributed by atoms with E-state index in [1.54, 1.807) is 0 Å². The molecule has 4 nitrogen and oxygen atoms in total. The van der Waals surface area contributed by atoms with Crippen LogP contribution in [0.2, 0.25) is 0 Å². The third kappa shape index (κ3) is 4.75. The van der Waals surface area contributed by atoms with Crippen LogP contribution >= 0.6 is 0 Å². The van der Waals surface area contributed by atoms with Crippen molar-refractivity contribution in [3.8, 4) is 0 Å².